The van der Waals surface area contributed by atoms with Gasteiger partial charge in [0.25, 0.3) is 0 Å². The van der Waals surface area contributed by atoms with Crippen LogP contribution in [0.5, 0.6) is 5.88 Å². The van der Waals surface area contributed by atoms with Crippen molar-refractivity contribution in [2.75, 3.05) is 6.61 Å². The molecule has 1 saturated heterocycles. The summed E-state index contributed by atoms with van der Waals surface area (Å²) in [7, 11) is 0. The van der Waals surface area contributed by atoms with Crippen molar-refractivity contribution in [2.24, 2.45) is 0 Å². The zero-order chi connectivity index (χ0) is 38.5. The van der Waals surface area contributed by atoms with Crippen LogP contribution in [0.3, 0.4) is 0 Å². The van der Waals surface area contributed by atoms with E-state index < -0.39 is 61.1 Å². The summed E-state index contributed by atoms with van der Waals surface area (Å²) in [5.41, 5.74) is 2.14. The zero-order valence-electron chi connectivity index (χ0n) is 29.9. The molecule has 0 amide bonds. The van der Waals surface area contributed by atoms with Crippen LogP contribution in [0.15, 0.2) is 71.3 Å². The first-order valence-electron chi connectivity index (χ1n) is 16.7. The molecular weight excluding hydrogens is 702 g/mol. The number of hydrogen-bond donors (Lipinski definition) is 0. The fourth-order valence-corrected chi connectivity index (χ4v) is 6.07. The minimum atomic E-state index is -1.40. The van der Waals surface area contributed by atoms with Crippen LogP contribution >= 0.6 is 0 Å². The van der Waals surface area contributed by atoms with E-state index in [0.717, 1.165) is 37.1 Å². The summed E-state index contributed by atoms with van der Waals surface area (Å²) >= 11 is 0. The first-order chi connectivity index (χ1) is 25.9. The maximum atomic E-state index is 12.3. The van der Waals surface area contributed by atoms with Gasteiger partial charge in [0.15, 0.2) is 24.5 Å². The van der Waals surface area contributed by atoms with Crippen molar-refractivity contribution < 1.29 is 52.0 Å². The molecule has 5 atom stereocenters. The van der Waals surface area contributed by atoms with E-state index in [9.17, 15) is 24.4 Å². The molecule has 16 heteroatoms. The summed E-state index contributed by atoms with van der Waals surface area (Å²) in [6.45, 7) is 5.73. The Labute approximate surface area is 308 Å². The number of pyridine rings is 1. The molecule has 0 N–H and O–H groups in total. The van der Waals surface area contributed by atoms with Gasteiger partial charge < -0.3 is 32.8 Å². The van der Waals surface area contributed by atoms with Crippen molar-refractivity contribution in [1.82, 2.24) is 20.0 Å². The van der Waals surface area contributed by atoms with Crippen LogP contribution in [0.4, 0.5) is 0 Å². The van der Waals surface area contributed by atoms with Crippen molar-refractivity contribution >= 4 is 34.6 Å². The molecule has 0 spiro atoms. The van der Waals surface area contributed by atoms with Gasteiger partial charge in [-0.3, -0.25) is 19.2 Å². The highest BCUT2D eigenvalue weighted by atomic mass is 16.7. The minimum Gasteiger partial charge on any atom is -0.470 e. The molecule has 0 bridgehead atoms. The average Bonchev–Trinajstić information content (AvgIpc) is 3.79. The summed E-state index contributed by atoms with van der Waals surface area (Å²) in [6.07, 6.45) is -5.21. The van der Waals surface area contributed by atoms with E-state index in [1.165, 1.54) is 17.8 Å². The van der Waals surface area contributed by atoms with E-state index in [1.807, 2.05) is 42.5 Å². The molecular formula is C38H35N5O11. The molecule has 0 unspecified atom stereocenters. The molecule has 0 aliphatic carbocycles. The topological polar surface area (TPSA) is 204 Å². The molecule has 0 saturated carbocycles. The number of carbonyl (C=O) groups excluding carboxylic acids is 4. The Morgan fingerprint density at radius 2 is 1.56 bits per heavy atom. The number of fused-ring (bicyclic) bond motifs is 1. The van der Waals surface area contributed by atoms with E-state index in [-0.39, 0.29) is 23.7 Å². The van der Waals surface area contributed by atoms with E-state index in [2.05, 4.69) is 16.4 Å². The van der Waals surface area contributed by atoms with E-state index >= 15 is 0 Å². The van der Waals surface area contributed by atoms with Gasteiger partial charge in [0.2, 0.25) is 5.88 Å². The number of nitriles is 1. The highest BCUT2D eigenvalue weighted by molar-refractivity contribution is 5.87. The second-order valence-electron chi connectivity index (χ2n) is 12.4. The third-order valence-electron chi connectivity index (χ3n) is 8.29. The van der Waals surface area contributed by atoms with Gasteiger partial charge in [0, 0.05) is 38.8 Å². The molecule has 16 nitrogen and oxygen atoms in total. The number of aryl methyl sites for hydroxylation is 1. The molecule has 1 aliphatic heterocycles. The van der Waals surface area contributed by atoms with Gasteiger partial charge >= 0.3 is 23.9 Å². The Morgan fingerprint density at radius 3 is 2.22 bits per heavy atom. The lowest BCUT2D eigenvalue weighted by molar-refractivity contribution is -0.270. The molecule has 1 fully saturated rings. The number of esters is 4. The molecule has 0 radical (unpaired) electrons. The second-order valence-corrected chi connectivity index (χ2v) is 12.4. The summed E-state index contributed by atoms with van der Waals surface area (Å²) in [5.74, 6) is -1.83. The van der Waals surface area contributed by atoms with Crippen LogP contribution < -0.4 is 4.74 Å². The van der Waals surface area contributed by atoms with Gasteiger partial charge in [-0.1, -0.05) is 41.6 Å². The standard InChI is InChI=1S/C38H35N5O11/c1-20-10-13-32(50-20)29-15-31(27-12-11-25-8-6-7-9-26(25)14-27)40-37(30(29)16-39)49-18-28-17-43(42-41-28)38-36(53-24(5)47)35(52-23(4)46)34(51-22(3)45)33(54-38)19-48-21(2)44/h6-15,17,33-36,38H,18-19H2,1-5H3/t33-,34-,35+,36-,38-/m1/s1. The lowest BCUT2D eigenvalue weighted by Crippen LogP contribution is -2.60. The fraction of sp³-hybridized carbons (Fsp3) is 0.316. The summed E-state index contributed by atoms with van der Waals surface area (Å²) < 4.78 is 41.1. The van der Waals surface area contributed by atoms with Gasteiger partial charge in [0.05, 0.1) is 11.9 Å². The van der Waals surface area contributed by atoms with E-state index in [4.69, 9.17) is 37.8 Å². The Kier molecular flexibility index (Phi) is 11.0. The SMILES string of the molecule is CC(=O)OC[C@H]1O[C@@H](n2cc(COc3nc(-c4ccc5ccccc5c4)cc(-c4ccc(C)o4)c3C#N)nn2)[C@H](OC(C)=O)[C@@H](OC(C)=O)[C@@H]1OC(C)=O. The van der Waals surface area contributed by atoms with Gasteiger partial charge in [-0.2, -0.15) is 5.26 Å². The Balaban J connectivity index is 1.34. The maximum Gasteiger partial charge on any atom is 0.303 e. The van der Waals surface area contributed by atoms with Crippen molar-refractivity contribution in [3.63, 3.8) is 0 Å². The normalized spacial score (nSPS) is 19.4. The van der Waals surface area contributed by atoms with E-state index in [0.29, 0.717) is 22.8 Å². The number of benzene rings is 2. The van der Waals surface area contributed by atoms with Crippen LogP contribution in [0.2, 0.25) is 0 Å². The van der Waals surface area contributed by atoms with Crippen LogP contribution in [-0.2, 0) is 49.5 Å². The average molecular weight is 738 g/mol. The number of aromatic nitrogens is 4. The molecule has 278 valence electrons. The fourth-order valence-electron chi connectivity index (χ4n) is 6.07. The van der Waals surface area contributed by atoms with Crippen molar-refractivity contribution in [2.45, 2.75) is 71.9 Å². The molecule has 4 heterocycles. The maximum absolute atomic E-state index is 12.3. The number of hydrogen-bond acceptors (Lipinski definition) is 15. The smallest absolute Gasteiger partial charge is 0.303 e. The zero-order valence-corrected chi connectivity index (χ0v) is 29.9. The molecule has 5 aromatic rings. The van der Waals surface area contributed by atoms with Gasteiger partial charge in [-0.15, -0.1) is 5.10 Å². The predicted molar refractivity (Wildman–Crippen MR) is 186 cm³/mol. The monoisotopic (exact) mass is 737 g/mol. The highest BCUT2D eigenvalue weighted by Crippen LogP contribution is 2.37. The van der Waals surface area contributed by atoms with Crippen molar-refractivity contribution in [3.05, 3.63) is 83.9 Å². The summed E-state index contributed by atoms with van der Waals surface area (Å²) in [5, 5.41) is 20.7. The van der Waals surface area contributed by atoms with Crippen molar-refractivity contribution in [3.8, 4) is 34.5 Å². The molecule has 54 heavy (non-hydrogen) atoms. The summed E-state index contributed by atoms with van der Waals surface area (Å²) in [6, 6.07) is 21.3. The first-order valence-corrected chi connectivity index (χ1v) is 16.7. The Bertz CT molecular complexity index is 2260. The third-order valence-corrected chi connectivity index (χ3v) is 8.29. The lowest BCUT2D eigenvalue weighted by Gasteiger charge is -2.44. The quantitative estimate of drug-likeness (QED) is 0.132. The highest BCUT2D eigenvalue weighted by Gasteiger charge is 2.53. The van der Waals surface area contributed by atoms with Crippen molar-refractivity contribution in [1.29, 1.82) is 5.26 Å². The molecule has 6 rings (SSSR count). The largest absolute Gasteiger partial charge is 0.470 e. The number of ether oxygens (including phenoxy) is 6. The van der Waals surface area contributed by atoms with Crippen LogP contribution in [0, 0.1) is 18.3 Å². The van der Waals surface area contributed by atoms with Crippen LogP contribution in [0.25, 0.3) is 33.4 Å². The number of rotatable bonds is 11. The van der Waals surface area contributed by atoms with Gasteiger partial charge in [-0.05, 0) is 42.0 Å². The predicted octanol–water partition coefficient (Wildman–Crippen LogP) is 4.77. The second kappa shape index (κ2) is 16.0. The Morgan fingerprint density at radius 1 is 0.852 bits per heavy atom. The third kappa shape index (κ3) is 8.37. The lowest BCUT2D eigenvalue weighted by atomic mass is 9.97. The minimum absolute atomic E-state index is 0.00839. The Hall–Kier alpha value is -6.60. The molecule has 1 aliphatic rings. The van der Waals surface area contributed by atoms with E-state index in [1.54, 1.807) is 25.1 Å². The number of furan rings is 1. The number of carbonyl (C=O) groups is 4. The summed E-state index contributed by atoms with van der Waals surface area (Å²) in [4.78, 5) is 53.1. The van der Waals surface area contributed by atoms with Gasteiger partial charge in [-0.25, -0.2) is 9.67 Å². The van der Waals surface area contributed by atoms with Crippen LogP contribution in [0.1, 0.15) is 50.9 Å². The van der Waals surface area contributed by atoms with Gasteiger partial charge in [0.1, 0.15) is 48.2 Å². The first kappa shape index (κ1) is 37.2. The van der Waals surface area contributed by atoms with Crippen LogP contribution in [-0.4, -0.2) is 74.9 Å². The number of nitrogens with zero attached hydrogens (tertiary/aromatic N) is 5. The molecule has 2 aromatic carbocycles. The molecule has 3 aromatic heterocycles.